The molecule has 2 aromatic rings. The molecule has 6 heteroatoms. The Morgan fingerprint density at radius 1 is 1.24 bits per heavy atom. The Bertz CT molecular complexity index is 648. The number of rotatable bonds is 5. The highest BCUT2D eigenvalue weighted by Crippen LogP contribution is 2.50. The van der Waals surface area contributed by atoms with Gasteiger partial charge in [0.2, 0.25) is 0 Å². The van der Waals surface area contributed by atoms with Crippen LogP contribution < -0.4 is 5.73 Å². The van der Waals surface area contributed by atoms with Crippen LogP contribution in [-0.2, 0) is 6.54 Å². The van der Waals surface area contributed by atoms with Gasteiger partial charge in [0.25, 0.3) is 0 Å². The molecule has 0 spiro atoms. The number of tetrazole rings is 1. The average molecular weight is 287 g/mol. The Kier molecular flexibility index (Phi) is 2.90. The summed E-state index contributed by atoms with van der Waals surface area (Å²) in [6.07, 6.45) is 5.32. The summed E-state index contributed by atoms with van der Waals surface area (Å²) in [5.41, 5.74) is 6.98. The minimum absolute atomic E-state index is 0.343. The molecule has 2 N–H and O–H groups in total. The lowest BCUT2D eigenvalue weighted by atomic mass is 9.98. The van der Waals surface area contributed by atoms with E-state index in [9.17, 15) is 4.39 Å². The van der Waals surface area contributed by atoms with Gasteiger partial charge in [-0.15, -0.1) is 5.10 Å². The topological polar surface area (TPSA) is 69.6 Å². The van der Waals surface area contributed by atoms with Crippen LogP contribution in [0, 0.1) is 23.6 Å². The molecule has 5 nitrogen and oxygen atoms in total. The molecule has 21 heavy (non-hydrogen) atoms. The van der Waals surface area contributed by atoms with E-state index < -0.39 is 0 Å². The molecular weight excluding hydrogens is 269 g/mol. The minimum atomic E-state index is -0.343. The fourth-order valence-electron chi connectivity index (χ4n) is 3.19. The lowest BCUT2D eigenvalue weighted by Crippen LogP contribution is -2.17. The van der Waals surface area contributed by atoms with Gasteiger partial charge in [-0.25, -0.2) is 9.07 Å². The van der Waals surface area contributed by atoms with Crippen molar-refractivity contribution in [2.24, 2.45) is 17.8 Å². The molecule has 2 aliphatic rings. The van der Waals surface area contributed by atoms with Crippen molar-refractivity contribution >= 4 is 5.69 Å². The maximum Gasteiger partial charge on any atom is 0.184 e. The van der Waals surface area contributed by atoms with E-state index in [-0.39, 0.29) is 5.82 Å². The van der Waals surface area contributed by atoms with Crippen LogP contribution >= 0.6 is 0 Å². The largest absolute Gasteiger partial charge is 0.398 e. The van der Waals surface area contributed by atoms with Gasteiger partial charge in [-0.2, -0.15) is 0 Å². The second-order valence-corrected chi connectivity index (χ2v) is 6.25. The number of benzene rings is 1. The zero-order valence-electron chi connectivity index (χ0n) is 11.7. The predicted molar refractivity (Wildman–Crippen MR) is 76.6 cm³/mol. The molecule has 2 saturated carbocycles. The molecule has 1 heterocycles. The maximum absolute atomic E-state index is 13.2. The Morgan fingerprint density at radius 3 is 2.57 bits per heavy atom. The quantitative estimate of drug-likeness (QED) is 0.858. The number of nitrogens with two attached hydrogens (primary N) is 1. The lowest BCUT2D eigenvalue weighted by Gasteiger charge is -2.16. The van der Waals surface area contributed by atoms with E-state index in [1.807, 2.05) is 4.68 Å². The normalized spacial score (nSPS) is 18.4. The van der Waals surface area contributed by atoms with E-state index in [0.717, 1.165) is 18.4 Å². The van der Waals surface area contributed by atoms with E-state index >= 15 is 0 Å². The summed E-state index contributed by atoms with van der Waals surface area (Å²) >= 11 is 0. The van der Waals surface area contributed by atoms with Gasteiger partial charge in [0.15, 0.2) is 5.82 Å². The highest BCUT2D eigenvalue weighted by Gasteiger charge is 2.41. The Morgan fingerprint density at radius 2 is 1.95 bits per heavy atom. The summed E-state index contributed by atoms with van der Waals surface area (Å²) in [5, 5.41) is 12.0. The molecule has 2 fully saturated rings. The number of aromatic nitrogens is 4. The Balaban J connectivity index is 1.63. The number of hydrogen-bond acceptors (Lipinski definition) is 4. The first-order chi connectivity index (χ1) is 10.2. The Hall–Kier alpha value is -1.98. The fourth-order valence-corrected chi connectivity index (χ4v) is 3.19. The molecule has 110 valence electrons. The molecule has 1 aromatic carbocycles. The third kappa shape index (κ3) is 2.50. The lowest BCUT2D eigenvalue weighted by molar-refractivity contribution is 0.331. The van der Waals surface area contributed by atoms with Gasteiger partial charge in [0.1, 0.15) is 5.82 Å². The number of anilines is 1. The third-order valence-corrected chi connectivity index (χ3v) is 4.63. The summed E-state index contributed by atoms with van der Waals surface area (Å²) in [4.78, 5) is 0. The van der Waals surface area contributed by atoms with E-state index in [1.165, 1.54) is 37.8 Å². The number of hydrogen-bond donors (Lipinski definition) is 1. The summed E-state index contributed by atoms with van der Waals surface area (Å²) in [5.74, 6) is 2.64. The van der Waals surface area contributed by atoms with Gasteiger partial charge in [-0.1, -0.05) is 0 Å². The van der Waals surface area contributed by atoms with Crippen molar-refractivity contribution in [3.8, 4) is 11.4 Å². The van der Waals surface area contributed by atoms with Crippen LogP contribution in [0.2, 0.25) is 0 Å². The number of halogens is 1. The minimum Gasteiger partial charge on any atom is -0.398 e. The van der Waals surface area contributed by atoms with Crippen LogP contribution in [0.3, 0.4) is 0 Å². The highest BCUT2D eigenvalue weighted by molar-refractivity contribution is 5.71. The molecule has 0 aliphatic heterocycles. The van der Waals surface area contributed by atoms with Crippen LogP contribution in [0.1, 0.15) is 25.7 Å². The van der Waals surface area contributed by atoms with Gasteiger partial charge in [0, 0.05) is 17.8 Å². The SMILES string of the molecule is Nc1cc(F)ccc1-c1nnnn1CC(C1CC1)C1CC1. The monoisotopic (exact) mass is 287 g/mol. The molecule has 0 radical (unpaired) electrons. The summed E-state index contributed by atoms with van der Waals surface area (Å²) < 4.78 is 15.0. The number of nitrogens with zero attached hydrogens (tertiary/aromatic N) is 4. The van der Waals surface area contributed by atoms with Crippen LogP contribution in [0.4, 0.5) is 10.1 Å². The summed E-state index contributed by atoms with van der Waals surface area (Å²) in [6, 6.07) is 4.35. The second-order valence-electron chi connectivity index (χ2n) is 6.25. The summed E-state index contributed by atoms with van der Waals surface area (Å²) in [7, 11) is 0. The molecule has 0 bridgehead atoms. The molecular formula is C15H18FN5. The molecule has 1 aromatic heterocycles. The predicted octanol–water partition coefficient (Wildman–Crippen LogP) is 2.50. The molecule has 2 aliphatic carbocycles. The van der Waals surface area contributed by atoms with Gasteiger partial charge < -0.3 is 5.73 Å². The summed E-state index contributed by atoms with van der Waals surface area (Å²) in [6.45, 7) is 0.842. The zero-order valence-corrected chi connectivity index (χ0v) is 11.7. The van der Waals surface area contributed by atoms with Crippen LogP contribution in [0.25, 0.3) is 11.4 Å². The first-order valence-corrected chi connectivity index (χ1v) is 7.54. The van der Waals surface area contributed by atoms with Crippen LogP contribution in [-0.4, -0.2) is 20.2 Å². The smallest absolute Gasteiger partial charge is 0.184 e. The fraction of sp³-hybridized carbons (Fsp3) is 0.533. The van der Waals surface area contributed by atoms with Crippen molar-refractivity contribution < 1.29 is 4.39 Å². The first kappa shape index (κ1) is 12.7. The highest BCUT2D eigenvalue weighted by atomic mass is 19.1. The van der Waals surface area contributed by atoms with Crippen molar-refractivity contribution in [2.45, 2.75) is 32.2 Å². The molecule has 0 unspecified atom stereocenters. The molecule has 0 saturated heterocycles. The van der Waals surface area contributed by atoms with Crippen molar-refractivity contribution in [3.05, 3.63) is 24.0 Å². The van der Waals surface area contributed by atoms with E-state index in [1.54, 1.807) is 6.07 Å². The molecule has 0 atom stereocenters. The first-order valence-electron chi connectivity index (χ1n) is 7.54. The van der Waals surface area contributed by atoms with Gasteiger partial charge in [-0.05, 0) is 72.1 Å². The van der Waals surface area contributed by atoms with Crippen LogP contribution in [0.5, 0.6) is 0 Å². The zero-order chi connectivity index (χ0) is 14.4. The van der Waals surface area contributed by atoms with E-state index in [2.05, 4.69) is 15.5 Å². The van der Waals surface area contributed by atoms with E-state index in [4.69, 9.17) is 5.73 Å². The molecule has 0 amide bonds. The third-order valence-electron chi connectivity index (χ3n) is 4.63. The van der Waals surface area contributed by atoms with Crippen molar-refractivity contribution in [1.29, 1.82) is 0 Å². The van der Waals surface area contributed by atoms with Gasteiger partial charge in [-0.3, -0.25) is 0 Å². The van der Waals surface area contributed by atoms with Crippen molar-refractivity contribution in [2.75, 3.05) is 5.73 Å². The average Bonchev–Trinajstić information content (AvgIpc) is 3.36. The van der Waals surface area contributed by atoms with Gasteiger partial charge >= 0.3 is 0 Å². The van der Waals surface area contributed by atoms with Crippen molar-refractivity contribution in [3.63, 3.8) is 0 Å². The standard InChI is InChI=1S/C15H18FN5/c16-11-5-6-12(14(17)7-11)15-18-19-20-21(15)8-13(9-1-2-9)10-3-4-10/h5-7,9-10,13H,1-4,8,17H2. The second kappa shape index (κ2) is 4.79. The van der Waals surface area contributed by atoms with E-state index in [0.29, 0.717) is 23.0 Å². The van der Waals surface area contributed by atoms with Crippen LogP contribution in [0.15, 0.2) is 18.2 Å². The maximum atomic E-state index is 13.2. The number of nitrogen functional groups attached to an aromatic ring is 1. The molecule has 4 rings (SSSR count). The Labute approximate surface area is 122 Å². The van der Waals surface area contributed by atoms with Crippen molar-refractivity contribution in [1.82, 2.24) is 20.2 Å². The van der Waals surface area contributed by atoms with Gasteiger partial charge in [0.05, 0.1) is 0 Å².